The highest BCUT2D eigenvalue weighted by atomic mass is 32.1. The predicted octanol–water partition coefficient (Wildman–Crippen LogP) is 3.92. The number of anilines is 1. The van der Waals surface area contributed by atoms with E-state index < -0.39 is 5.97 Å². The Bertz CT molecular complexity index is 811. The van der Waals surface area contributed by atoms with Gasteiger partial charge in [-0.25, -0.2) is 9.78 Å². The van der Waals surface area contributed by atoms with Crippen LogP contribution >= 0.6 is 11.3 Å². The average Bonchev–Trinajstić information content (AvgIpc) is 2.89. The molecular formula is C16H14N2O2S. The first-order valence-corrected chi connectivity index (χ1v) is 7.37. The molecule has 0 fully saturated rings. The van der Waals surface area contributed by atoms with Gasteiger partial charge in [0, 0.05) is 15.1 Å². The number of fused-ring (bicyclic) bond motifs is 1. The molecule has 0 atom stereocenters. The molecule has 2 N–H and O–H groups in total. The number of benzene rings is 1. The summed E-state index contributed by atoms with van der Waals surface area (Å²) < 4.78 is 0. The number of carbonyl (C=O) groups is 1. The molecule has 0 amide bonds. The van der Waals surface area contributed by atoms with Gasteiger partial charge in [0.2, 0.25) is 0 Å². The summed E-state index contributed by atoms with van der Waals surface area (Å²) in [6, 6.07) is 12.9. The number of thiophene rings is 1. The molecule has 0 saturated carbocycles. The zero-order chi connectivity index (χ0) is 14.8. The van der Waals surface area contributed by atoms with E-state index >= 15 is 0 Å². The number of aryl methyl sites for hydroxylation is 1. The SMILES string of the molecule is Cc1ccc(CNc2ccc3c(C(=O)O)cccc3n2)s1. The highest BCUT2D eigenvalue weighted by molar-refractivity contribution is 7.11. The van der Waals surface area contributed by atoms with E-state index in [1.807, 2.05) is 12.1 Å². The number of nitrogens with zero attached hydrogens (tertiary/aromatic N) is 1. The minimum atomic E-state index is -0.933. The van der Waals surface area contributed by atoms with Gasteiger partial charge in [-0.2, -0.15) is 0 Å². The molecule has 0 spiro atoms. The van der Waals surface area contributed by atoms with Crippen LogP contribution in [0.1, 0.15) is 20.1 Å². The molecule has 2 heterocycles. The van der Waals surface area contributed by atoms with E-state index in [0.29, 0.717) is 10.9 Å². The van der Waals surface area contributed by atoms with Gasteiger partial charge in [0.25, 0.3) is 0 Å². The van der Waals surface area contributed by atoms with Crippen LogP contribution in [0.3, 0.4) is 0 Å². The van der Waals surface area contributed by atoms with Crippen LogP contribution < -0.4 is 5.32 Å². The molecule has 3 rings (SSSR count). The second-order valence-corrected chi connectivity index (χ2v) is 6.11. The Morgan fingerprint density at radius 1 is 1.24 bits per heavy atom. The molecule has 0 unspecified atom stereocenters. The first-order valence-electron chi connectivity index (χ1n) is 6.56. The summed E-state index contributed by atoms with van der Waals surface area (Å²) in [5, 5.41) is 13.1. The van der Waals surface area contributed by atoms with Crippen LogP contribution in [0.2, 0.25) is 0 Å². The van der Waals surface area contributed by atoms with Crippen molar-refractivity contribution in [1.82, 2.24) is 4.98 Å². The van der Waals surface area contributed by atoms with Crippen LogP contribution in [-0.4, -0.2) is 16.1 Å². The zero-order valence-electron chi connectivity index (χ0n) is 11.5. The lowest BCUT2D eigenvalue weighted by Gasteiger charge is -2.07. The Kier molecular flexibility index (Phi) is 3.58. The van der Waals surface area contributed by atoms with Crippen molar-refractivity contribution in [3.63, 3.8) is 0 Å². The number of hydrogen-bond donors (Lipinski definition) is 2. The Morgan fingerprint density at radius 3 is 2.81 bits per heavy atom. The Balaban J connectivity index is 1.86. The normalized spacial score (nSPS) is 10.7. The fraction of sp³-hybridized carbons (Fsp3) is 0.125. The number of carboxylic acids is 1. The van der Waals surface area contributed by atoms with E-state index in [-0.39, 0.29) is 5.56 Å². The van der Waals surface area contributed by atoms with Crippen molar-refractivity contribution in [2.75, 3.05) is 5.32 Å². The van der Waals surface area contributed by atoms with E-state index in [9.17, 15) is 4.79 Å². The summed E-state index contributed by atoms with van der Waals surface area (Å²) in [4.78, 5) is 18.2. The van der Waals surface area contributed by atoms with Crippen molar-refractivity contribution in [1.29, 1.82) is 0 Å². The highest BCUT2D eigenvalue weighted by Gasteiger charge is 2.09. The minimum Gasteiger partial charge on any atom is -0.478 e. The monoisotopic (exact) mass is 298 g/mol. The van der Waals surface area contributed by atoms with Gasteiger partial charge in [-0.15, -0.1) is 11.3 Å². The van der Waals surface area contributed by atoms with Gasteiger partial charge in [-0.05, 0) is 43.3 Å². The molecule has 5 heteroatoms. The second-order valence-electron chi connectivity index (χ2n) is 4.74. The summed E-state index contributed by atoms with van der Waals surface area (Å²) in [5.74, 6) is -0.187. The number of hydrogen-bond acceptors (Lipinski definition) is 4. The first kappa shape index (κ1) is 13.6. The molecule has 2 aromatic heterocycles. The van der Waals surface area contributed by atoms with Gasteiger partial charge in [-0.3, -0.25) is 0 Å². The maximum absolute atomic E-state index is 11.2. The van der Waals surface area contributed by atoms with E-state index in [1.54, 1.807) is 29.5 Å². The van der Waals surface area contributed by atoms with E-state index in [2.05, 4.69) is 29.4 Å². The third-order valence-electron chi connectivity index (χ3n) is 3.20. The van der Waals surface area contributed by atoms with E-state index in [4.69, 9.17) is 5.11 Å². The van der Waals surface area contributed by atoms with Crippen molar-refractivity contribution in [3.8, 4) is 0 Å². The Labute approximate surface area is 126 Å². The number of rotatable bonds is 4. The van der Waals surface area contributed by atoms with Crippen molar-refractivity contribution < 1.29 is 9.90 Å². The lowest BCUT2D eigenvalue weighted by Crippen LogP contribution is -2.01. The quantitative estimate of drug-likeness (QED) is 0.766. The first-order chi connectivity index (χ1) is 10.1. The van der Waals surface area contributed by atoms with Gasteiger partial charge in [-0.1, -0.05) is 6.07 Å². The number of aromatic nitrogens is 1. The van der Waals surface area contributed by atoms with Crippen LogP contribution in [0, 0.1) is 6.92 Å². The summed E-state index contributed by atoms with van der Waals surface area (Å²) in [7, 11) is 0. The van der Waals surface area contributed by atoms with Crippen molar-refractivity contribution in [3.05, 3.63) is 57.8 Å². The molecule has 21 heavy (non-hydrogen) atoms. The third-order valence-corrected chi connectivity index (χ3v) is 4.20. The van der Waals surface area contributed by atoms with Crippen molar-refractivity contribution >= 4 is 34.0 Å². The second kappa shape index (κ2) is 5.54. The van der Waals surface area contributed by atoms with Crippen molar-refractivity contribution in [2.24, 2.45) is 0 Å². The lowest BCUT2D eigenvalue weighted by molar-refractivity contribution is 0.0699. The molecule has 0 bridgehead atoms. The molecule has 0 aliphatic rings. The lowest BCUT2D eigenvalue weighted by atomic mass is 10.1. The van der Waals surface area contributed by atoms with Gasteiger partial charge >= 0.3 is 5.97 Å². The standard InChI is InChI=1S/C16H14N2O2S/c1-10-5-6-11(21-10)9-17-15-8-7-12-13(16(19)20)3-2-4-14(12)18-15/h2-8H,9H2,1H3,(H,17,18)(H,19,20). The number of pyridine rings is 1. The third kappa shape index (κ3) is 2.87. The fourth-order valence-electron chi connectivity index (χ4n) is 2.20. The van der Waals surface area contributed by atoms with Crippen LogP contribution in [-0.2, 0) is 6.54 Å². The van der Waals surface area contributed by atoms with E-state index in [1.165, 1.54) is 9.75 Å². The summed E-state index contributed by atoms with van der Waals surface area (Å²) in [5.41, 5.74) is 0.961. The molecule has 3 aromatic rings. The predicted molar refractivity (Wildman–Crippen MR) is 85.1 cm³/mol. The van der Waals surface area contributed by atoms with Crippen LogP contribution in [0.4, 0.5) is 5.82 Å². The van der Waals surface area contributed by atoms with Crippen LogP contribution in [0.25, 0.3) is 10.9 Å². The topological polar surface area (TPSA) is 62.2 Å². The van der Waals surface area contributed by atoms with E-state index in [0.717, 1.165) is 12.4 Å². The minimum absolute atomic E-state index is 0.278. The maximum atomic E-state index is 11.2. The van der Waals surface area contributed by atoms with Gasteiger partial charge in [0.05, 0.1) is 17.6 Å². The number of carboxylic acid groups (broad SMARTS) is 1. The maximum Gasteiger partial charge on any atom is 0.336 e. The molecule has 0 aliphatic carbocycles. The number of aromatic carboxylic acids is 1. The molecule has 0 aliphatic heterocycles. The summed E-state index contributed by atoms with van der Waals surface area (Å²) in [6.45, 7) is 2.80. The highest BCUT2D eigenvalue weighted by Crippen LogP contribution is 2.21. The Morgan fingerprint density at radius 2 is 2.10 bits per heavy atom. The molecule has 106 valence electrons. The van der Waals surface area contributed by atoms with Crippen molar-refractivity contribution in [2.45, 2.75) is 13.5 Å². The zero-order valence-corrected chi connectivity index (χ0v) is 12.3. The average molecular weight is 298 g/mol. The molecular weight excluding hydrogens is 284 g/mol. The van der Waals surface area contributed by atoms with Gasteiger partial charge in [0.1, 0.15) is 5.82 Å². The smallest absolute Gasteiger partial charge is 0.336 e. The Hall–Kier alpha value is -2.40. The summed E-state index contributed by atoms with van der Waals surface area (Å²) >= 11 is 1.75. The van der Waals surface area contributed by atoms with Gasteiger partial charge < -0.3 is 10.4 Å². The molecule has 0 saturated heterocycles. The fourth-order valence-corrected chi connectivity index (χ4v) is 3.03. The largest absolute Gasteiger partial charge is 0.478 e. The molecule has 0 radical (unpaired) electrons. The van der Waals surface area contributed by atoms with Crippen LogP contribution in [0.5, 0.6) is 0 Å². The number of nitrogens with one attached hydrogen (secondary N) is 1. The molecule has 1 aromatic carbocycles. The summed E-state index contributed by atoms with van der Waals surface area (Å²) in [6.07, 6.45) is 0. The van der Waals surface area contributed by atoms with Crippen LogP contribution in [0.15, 0.2) is 42.5 Å². The molecule has 4 nitrogen and oxygen atoms in total. The van der Waals surface area contributed by atoms with Gasteiger partial charge in [0.15, 0.2) is 0 Å².